The maximum atomic E-state index is 12.1. The summed E-state index contributed by atoms with van der Waals surface area (Å²) in [5.74, 6) is 0.484. The molecule has 1 aromatic carbocycles. The summed E-state index contributed by atoms with van der Waals surface area (Å²) >= 11 is 1.12. The van der Waals surface area contributed by atoms with Gasteiger partial charge in [0.15, 0.2) is 0 Å². The number of amides is 1. The number of carbonyl (C=O) groups is 1. The molecule has 0 aliphatic rings. The van der Waals surface area contributed by atoms with Gasteiger partial charge in [0, 0.05) is 11.1 Å². The Bertz CT molecular complexity index is 713. The van der Waals surface area contributed by atoms with Crippen molar-refractivity contribution < 1.29 is 4.79 Å². The van der Waals surface area contributed by atoms with Crippen LogP contribution >= 0.6 is 11.3 Å². The highest BCUT2D eigenvalue weighted by atomic mass is 32.1. The lowest BCUT2D eigenvalue weighted by atomic mass is 10.00. The van der Waals surface area contributed by atoms with Crippen molar-refractivity contribution in [2.75, 3.05) is 0 Å². The number of nitrogens with one attached hydrogen (secondary N) is 1. The summed E-state index contributed by atoms with van der Waals surface area (Å²) in [6.45, 7) is 8.26. The zero-order valence-electron chi connectivity index (χ0n) is 14.1. The molecular weight excluding hydrogens is 308 g/mol. The van der Waals surface area contributed by atoms with E-state index in [0.29, 0.717) is 5.92 Å². The zero-order valence-corrected chi connectivity index (χ0v) is 14.9. The minimum atomic E-state index is -0.146. The first-order valence-electron chi connectivity index (χ1n) is 7.90. The van der Waals surface area contributed by atoms with Gasteiger partial charge in [0.25, 0.3) is 0 Å². The topological polar surface area (TPSA) is 51.1 Å². The van der Waals surface area contributed by atoms with Crippen molar-refractivity contribution in [3.05, 3.63) is 56.1 Å². The van der Waals surface area contributed by atoms with Crippen molar-refractivity contribution in [1.82, 2.24) is 9.88 Å². The number of hydrogen-bond acceptors (Lipinski definition) is 3. The molecule has 0 spiro atoms. The van der Waals surface area contributed by atoms with Crippen LogP contribution in [-0.4, -0.2) is 10.5 Å². The number of carbonyl (C=O) groups excluding carboxylic acids is 1. The van der Waals surface area contributed by atoms with E-state index < -0.39 is 0 Å². The monoisotopic (exact) mass is 332 g/mol. The fourth-order valence-corrected chi connectivity index (χ4v) is 3.26. The Morgan fingerprint density at radius 2 is 1.87 bits per heavy atom. The van der Waals surface area contributed by atoms with Gasteiger partial charge in [-0.15, -0.1) is 0 Å². The van der Waals surface area contributed by atoms with Gasteiger partial charge in [-0.2, -0.15) is 0 Å². The summed E-state index contributed by atoms with van der Waals surface area (Å²) < 4.78 is 1.50. The van der Waals surface area contributed by atoms with Crippen LogP contribution in [0.3, 0.4) is 0 Å². The summed E-state index contributed by atoms with van der Waals surface area (Å²) in [5, 5.41) is 4.73. The van der Waals surface area contributed by atoms with E-state index in [-0.39, 0.29) is 23.4 Å². The summed E-state index contributed by atoms with van der Waals surface area (Å²) in [7, 11) is 0. The average molecular weight is 332 g/mol. The Morgan fingerprint density at radius 1 is 1.22 bits per heavy atom. The lowest BCUT2D eigenvalue weighted by Crippen LogP contribution is -2.32. The van der Waals surface area contributed by atoms with E-state index in [1.807, 2.05) is 13.8 Å². The maximum Gasteiger partial charge on any atom is 0.307 e. The third kappa shape index (κ3) is 4.79. The van der Waals surface area contributed by atoms with Crippen LogP contribution in [0.15, 0.2) is 34.4 Å². The van der Waals surface area contributed by atoms with Gasteiger partial charge < -0.3 is 5.32 Å². The second-order valence-corrected chi connectivity index (χ2v) is 7.18. The van der Waals surface area contributed by atoms with Crippen LogP contribution in [0, 0.1) is 12.8 Å². The van der Waals surface area contributed by atoms with Crippen LogP contribution in [0.2, 0.25) is 0 Å². The van der Waals surface area contributed by atoms with E-state index in [0.717, 1.165) is 29.0 Å². The lowest BCUT2D eigenvalue weighted by molar-refractivity contribution is -0.122. The van der Waals surface area contributed by atoms with Crippen molar-refractivity contribution in [3.63, 3.8) is 0 Å². The molecule has 1 aromatic heterocycles. The second-order valence-electron chi connectivity index (χ2n) is 6.36. The SMILES string of the molecule is Cc1csc(=O)n1CC(=O)N[C@H](C)c1ccc(CC(C)C)cc1. The molecule has 1 heterocycles. The molecule has 124 valence electrons. The van der Waals surface area contributed by atoms with Gasteiger partial charge in [-0.05, 0) is 37.3 Å². The second kappa shape index (κ2) is 7.59. The molecule has 0 aliphatic carbocycles. The van der Waals surface area contributed by atoms with Crippen LogP contribution in [-0.2, 0) is 17.8 Å². The largest absolute Gasteiger partial charge is 0.348 e. The van der Waals surface area contributed by atoms with E-state index in [9.17, 15) is 9.59 Å². The fraction of sp³-hybridized carbons (Fsp3) is 0.444. The summed E-state index contributed by atoms with van der Waals surface area (Å²) in [4.78, 5) is 23.7. The van der Waals surface area contributed by atoms with Crippen LogP contribution in [0.5, 0.6) is 0 Å². The Morgan fingerprint density at radius 3 is 2.39 bits per heavy atom. The Kier molecular flexibility index (Phi) is 5.77. The number of aryl methyl sites for hydroxylation is 1. The van der Waals surface area contributed by atoms with Crippen molar-refractivity contribution in [2.24, 2.45) is 5.92 Å². The van der Waals surface area contributed by atoms with Crippen LogP contribution in [0.1, 0.15) is 43.6 Å². The molecule has 0 saturated heterocycles. The van der Waals surface area contributed by atoms with Gasteiger partial charge in [-0.25, -0.2) is 0 Å². The maximum absolute atomic E-state index is 12.1. The summed E-state index contributed by atoms with van der Waals surface area (Å²) in [6.07, 6.45) is 1.06. The van der Waals surface area contributed by atoms with E-state index >= 15 is 0 Å². The molecule has 0 fully saturated rings. The third-order valence-corrected chi connectivity index (χ3v) is 4.66. The van der Waals surface area contributed by atoms with Crippen molar-refractivity contribution in [3.8, 4) is 0 Å². The molecular formula is C18H24N2O2S. The molecule has 2 rings (SSSR count). The van der Waals surface area contributed by atoms with Gasteiger partial charge >= 0.3 is 4.87 Å². The van der Waals surface area contributed by atoms with Gasteiger partial charge in [0.05, 0.1) is 6.04 Å². The normalized spacial score (nSPS) is 12.4. The Labute approximate surface area is 141 Å². The highest BCUT2D eigenvalue weighted by molar-refractivity contribution is 7.07. The molecule has 1 atom stereocenters. The Hall–Kier alpha value is -1.88. The first-order valence-corrected chi connectivity index (χ1v) is 8.78. The van der Waals surface area contributed by atoms with Crippen LogP contribution in [0.4, 0.5) is 0 Å². The van der Waals surface area contributed by atoms with Crippen molar-refractivity contribution in [2.45, 2.75) is 46.7 Å². The molecule has 2 aromatic rings. The summed E-state index contributed by atoms with van der Waals surface area (Å²) in [5.41, 5.74) is 3.20. The number of nitrogens with zero attached hydrogens (tertiary/aromatic N) is 1. The third-order valence-electron chi connectivity index (χ3n) is 3.78. The van der Waals surface area contributed by atoms with Crippen molar-refractivity contribution >= 4 is 17.2 Å². The number of thiazole rings is 1. The first-order chi connectivity index (χ1) is 10.9. The van der Waals surface area contributed by atoms with E-state index in [1.54, 1.807) is 5.38 Å². The molecule has 0 radical (unpaired) electrons. The predicted molar refractivity (Wildman–Crippen MR) is 94.9 cm³/mol. The molecule has 0 bridgehead atoms. The lowest BCUT2D eigenvalue weighted by Gasteiger charge is -2.15. The van der Waals surface area contributed by atoms with Gasteiger partial charge in [0.1, 0.15) is 6.54 Å². The van der Waals surface area contributed by atoms with E-state index in [1.165, 1.54) is 10.1 Å². The number of rotatable bonds is 6. The van der Waals surface area contributed by atoms with Crippen molar-refractivity contribution in [1.29, 1.82) is 0 Å². The number of hydrogen-bond donors (Lipinski definition) is 1. The minimum Gasteiger partial charge on any atom is -0.348 e. The minimum absolute atomic E-state index is 0.0734. The quantitative estimate of drug-likeness (QED) is 0.882. The number of aromatic nitrogens is 1. The molecule has 5 heteroatoms. The zero-order chi connectivity index (χ0) is 17.0. The smallest absolute Gasteiger partial charge is 0.307 e. The van der Waals surface area contributed by atoms with Crippen LogP contribution in [0.25, 0.3) is 0 Å². The summed E-state index contributed by atoms with van der Waals surface area (Å²) in [6, 6.07) is 8.28. The fourth-order valence-electron chi connectivity index (χ4n) is 2.52. The van der Waals surface area contributed by atoms with Crippen LogP contribution < -0.4 is 10.2 Å². The van der Waals surface area contributed by atoms with Gasteiger partial charge in [-0.1, -0.05) is 49.4 Å². The highest BCUT2D eigenvalue weighted by Gasteiger charge is 2.12. The van der Waals surface area contributed by atoms with E-state index in [2.05, 4.69) is 43.4 Å². The van der Waals surface area contributed by atoms with Gasteiger partial charge in [0.2, 0.25) is 5.91 Å². The molecule has 0 saturated carbocycles. The molecule has 0 unspecified atom stereocenters. The molecule has 1 amide bonds. The molecule has 23 heavy (non-hydrogen) atoms. The first kappa shape index (κ1) is 17.5. The molecule has 4 nitrogen and oxygen atoms in total. The molecule has 0 aliphatic heterocycles. The number of benzene rings is 1. The standard InChI is InChI=1S/C18H24N2O2S/c1-12(2)9-15-5-7-16(8-6-15)14(4)19-17(21)10-20-13(3)11-23-18(20)22/h5-8,11-12,14H,9-10H2,1-4H3,(H,19,21)/t14-/m1/s1. The molecule has 1 N–H and O–H groups in total. The van der Waals surface area contributed by atoms with E-state index in [4.69, 9.17) is 0 Å². The van der Waals surface area contributed by atoms with Gasteiger partial charge in [-0.3, -0.25) is 14.2 Å². The average Bonchev–Trinajstić information content (AvgIpc) is 2.79. The Balaban J connectivity index is 1.97. The highest BCUT2D eigenvalue weighted by Crippen LogP contribution is 2.15. The predicted octanol–water partition coefficient (Wildman–Crippen LogP) is 3.29.